The maximum atomic E-state index is 13.6. The number of anilines is 1. The highest BCUT2D eigenvalue weighted by molar-refractivity contribution is 7.13. The largest absolute Gasteiger partial charge is 0.345 e. The van der Waals surface area contributed by atoms with Crippen molar-refractivity contribution in [1.82, 2.24) is 15.2 Å². The molecule has 0 radical (unpaired) electrons. The van der Waals surface area contributed by atoms with Crippen molar-refractivity contribution in [2.24, 2.45) is 0 Å². The number of hydrogen-bond donors (Lipinski definition) is 1. The van der Waals surface area contributed by atoms with E-state index in [0.29, 0.717) is 32.2 Å². The fourth-order valence-corrected chi connectivity index (χ4v) is 3.25. The van der Waals surface area contributed by atoms with Crippen molar-refractivity contribution in [2.75, 3.05) is 37.6 Å². The predicted molar refractivity (Wildman–Crippen MR) is 89.6 cm³/mol. The van der Waals surface area contributed by atoms with E-state index in [1.807, 2.05) is 5.38 Å². The fourth-order valence-electron chi connectivity index (χ4n) is 2.56. The third-order valence-electron chi connectivity index (χ3n) is 3.90. The molecular weight excluding hydrogens is 350 g/mol. The molecule has 1 fully saturated rings. The van der Waals surface area contributed by atoms with E-state index in [1.165, 1.54) is 0 Å². The molecule has 2 amide bonds. The molecule has 3 rings (SSSR count). The maximum Gasteiger partial charge on any atom is 0.254 e. The Hall–Kier alpha value is -2.55. The zero-order valence-electron chi connectivity index (χ0n) is 13.2. The van der Waals surface area contributed by atoms with Crippen LogP contribution in [0.2, 0.25) is 0 Å². The van der Waals surface area contributed by atoms with Crippen LogP contribution in [0.15, 0.2) is 29.8 Å². The smallest absolute Gasteiger partial charge is 0.254 e. The summed E-state index contributed by atoms with van der Waals surface area (Å²) in [4.78, 5) is 32.1. The molecule has 25 heavy (non-hydrogen) atoms. The lowest BCUT2D eigenvalue weighted by atomic mass is 10.2. The van der Waals surface area contributed by atoms with Gasteiger partial charge in [-0.2, -0.15) is 0 Å². The third-order valence-corrected chi connectivity index (χ3v) is 4.73. The minimum atomic E-state index is -0.956. The zero-order chi connectivity index (χ0) is 17.8. The summed E-state index contributed by atoms with van der Waals surface area (Å²) < 4.78 is 26.4. The fraction of sp³-hybridized carbons (Fsp3) is 0.312. The first-order valence-electron chi connectivity index (χ1n) is 7.70. The summed E-state index contributed by atoms with van der Waals surface area (Å²) in [6.07, 6.45) is 1.74. The monoisotopic (exact) mass is 366 g/mol. The van der Waals surface area contributed by atoms with Crippen molar-refractivity contribution in [1.29, 1.82) is 0 Å². The van der Waals surface area contributed by atoms with Gasteiger partial charge in [-0.15, -0.1) is 11.3 Å². The van der Waals surface area contributed by atoms with Crippen molar-refractivity contribution in [3.8, 4) is 0 Å². The van der Waals surface area contributed by atoms with Crippen LogP contribution >= 0.6 is 11.3 Å². The standard InChI is InChI=1S/C16H16F2N4O2S/c17-11-1-2-12(13(18)9-11)15(24)20-10-14(23)21-4-6-22(7-5-21)16-19-3-8-25-16/h1-3,8-9H,4-7,10H2,(H,20,24). The Morgan fingerprint density at radius 3 is 2.60 bits per heavy atom. The highest BCUT2D eigenvalue weighted by Crippen LogP contribution is 2.18. The molecule has 2 aromatic rings. The van der Waals surface area contributed by atoms with Crippen LogP contribution in [0.4, 0.5) is 13.9 Å². The number of halogens is 2. The maximum absolute atomic E-state index is 13.6. The molecule has 0 bridgehead atoms. The molecular formula is C16H16F2N4O2S. The highest BCUT2D eigenvalue weighted by atomic mass is 32.1. The lowest BCUT2D eigenvalue weighted by Crippen LogP contribution is -2.51. The van der Waals surface area contributed by atoms with E-state index in [0.717, 1.165) is 17.3 Å². The van der Waals surface area contributed by atoms with E-state index >= 15 is 0 Å². The summed E-state index contributed by atoms with van der Waals surface area (Å²) in [6.45, 7) is 2.16. The molecule has 0 spiro atoms. The van der Waals surface area contributed by atoms with Crippen molar-refractivity contribution in [3.63, 3.8) is 0 Å². The number of carbonyl (C=O) groups is 2. The Labute approximate surface area is 147 Å². The Morgan fingerprint density at radius 2 is 1.96 bits per heavy atom. The van der Waals surface area contributed by atoms with Crippen molar-refractivity contribution < 1.29 is 18.4 Å². The summed E-state index contributed by atoms with van der Waals surface area (Å²) in [5.41, 5.74) is -0.289. The minimum absolute atomic E-state index is 0.229. The molecule has 1 N–H and O–H groups in total. The number of thiazole rings is 1. The number of hydrogen-bond acceptors (Lipinski definition) is 5. The van der Waals surface area contributed by atoms with Gasteiger partial charge in [0.25, 0.3) is 5.91 Å². The van der Waals surface area contributed by atoms with E-state index in [2.05, 4.69) is 15.2 Å². The Bertz CT molecular complexity index is 762. The molecule has 0 saturated carbocycles. The normalized spacial score (nSPS) is 14.5. The second-order valence-corrected chi connectivity index (χ2v) is 6.36. The summed E-state index contributed by atoms with van der Waals surface area (Å²) in [5, 5.41) is 5.20. The van der Waals surface area contributed by atoms with Crippen molar-refractivity contribution in [3.05, 3.63) is 47.0 Å². The Kier molecular flexibility index (Phi) is 5.22. The van der Waals surface area contributed by atoms with Gasteiger partial charge in [-0.05, 0) is 12.1 Å². The van der Waals surface area contributed by atoms with E-state index in [4.69, 9.17) is 0 Å². The van der Waals surface area contributed by atoms with Gasteiger partial charge in [0.05, 0.1) is 12.1 Å². The number of rotatable bonds is 4. The molecule has 1 aromatic heterocycles. The second kappa shape index (κ2) is 7.56. The van der Waals surface area contributed by atoms with Crippen LogP contribution in [0.5, 0.6) is 0 Å². The number of aromatic nitrogens is 1. The number of piperazine rings is 1. The van der Waals surface area contributed by atoms with Gasteiger partial charge >= 0.3 is 0 Å². The van der Waals surface area contributed by atoms with Crippen LogP contribution in [-0.4, -0.2) is 54.4 Å². The van der Waals surface area contributed by atoms with Crippen LogP contribution in [-0.2, 0) is 4.79 Å². The van der Waals surface area contributed by atoms with Gasteiger partial charge in [0.15, 0.2) is 5.13 Å². The Morgan fingerprint density at radius 1 is 1.20 bits per heavy atom. The summed E-state index contributed by atoms with van der Waals surface area (Å²) in [7, 11) is 0. The molecule has 2 heterocycles. The zero-order valence-corrected chi connectivity index (χ0v) is 14.1. The van der Waals surface area contributed by atoms with E-state index in [1.54, 1.807) is 22.4 Å². The van der Waals surface area contributed by atoms with Crippen LogP contribution in [0.1, 0.15) is 10.4 Å². The van der Waals surface area contributed by atoms with Gasteiger partial charge in [0.2, 0.25) is 5.91 Å². The molecule has 6 nitrogen and oxygen atoms in total. The van der Waals surface area contributed by atoms with E-state index < -0.39 is 17.5 Å². The summed E-state index contributed by atoms with van der Waals surface area (Å²) in [6, 6.07) is 2.68. The average molecular weight is 366 g/mol. The third kappa shape index (κ3) is 4.11. The number of amides is 2. The quantitative estimate of drug-likeness (QED) is 0.891. The van der Waals surface area contributed by atoms with Crippen molar-refractivity contribution >= 4 is 28.3 Å². The number of carbonyl (C=O) groups excluding carboxylic acids is 2. The molecule has 0 aliphatic carbocycles. The van der Waals surface area contributed by atoms with Crippen molar-refractivity contribution in [2.45, 2.75) is 0 Å². The summed E-state index contributed by atoms with van der Waals surface area (Å²) >= 11 is 1.55. The first-order chi connectivity index (χ1) is 12.0. The minimum Gasteiger partial charge on any atom is -0.345 e. The van der Waals surface area contributed by atoms with Crippen LogP contribution < -0.4 is 10.2 Å². The molecule has 1 aliphatic rings. The van der Waals surface area contributed by atoms with Crippen LogP contribution in [0, 0.1) is 11.6 Å². The predicted octanol–water partition coefficient (Wildman–Crippen LogP) is 1.50. The lowest BCUT2D eigenvalue weighted by Gasteiger charge is -2.34. The van der Waals surface area contributed by atoms with Gasteiger partial charge in [0, 0.05) is 43.8 Å². The molecule has 1 aliphatic heterocycles. The second-order valence-electron chi connectivity index (χ2n) is 5.49. The van der Waals surface area contributed by atoms with Crippen LogP contribution in [0.25, 0.3) is 0 Å². The van der Waals surface area contributed by atoms with Crippen LogP contribution in [0.3, 0.4) is 0 Å². The lowest BCUT2D eigenvalue weighted by molar-refractivity contribution is -0.130. The van der Waals surface area contributed by atoms with Gasteiger partial charge < -0.3 is 15.1 Å². The van der Waals surface area contributed by atoms with Gasteiger partial charge in [0.1, 0.15) is 11.6 Å². The number of benzene rings is 1. The van der Waals surface area contributed by atoms with Gasteiger partial charge in [-0.1, -0.05) is 0 Å². The molecule has 132 valence electrons. The molecule has 0 unspecified atom stereocenters. The number of nitrogens with zero attached hydrogens (tertiary/aromatic N) is 3. The van der Waals surface area contributed by atoms with Gasteiger partial charge in [-0.3, -0.25) is 9.59 Å². The first kappa shape index (κ1) is 17.3. The van der Waals surface area contributed by atoms with Gasteiger partial charge in [-0.25, -0.2) is 13.8 Å². The van der Waals surface area contributed by atoms with E-state index in [9.17, 15) is 18.4 Å². The molecule has 9 heteroatoms. The molecule has 0 atom stereocenters. The summed E-state index contributed by atoms with van der Waals surface area (Å²) in [5.74, 6) is -2.70. The molecule has 1 saturated heterocycles. The first-order valence-corrected chi connectivity index (χ1v) is 8.58. The number of nitrogens with one attached hydrogen (secondary N) is 1. The topological polar surface area (TPSA) is 65.5 Å². The average Bonchev–Trinajstić information content (AvgIpc) is 3.14. The highest BCUT2D eigenvalue weighted by Gasteiger charge is 2.23. The SMILES string of the molecule is O=C(NCC(=O)N1CCN(c2nccs2)CC1)c1ccc(F)cc1F. The molecule has 1 aromatic carbocycles. The van der Waals surface area contributed by atoms with E-state index in [-0.39, 0.29) is 18.0 Å². The Balaban J connectivity index is 1.49.